The SMILES string of the molecule is C[C@@H](OC(=O)c1ccc2c(c1)NC(=O)[C@@H](C)S2)C(=O)Nc1cc(C(F)(F)F)ccc1Cl. The van der Waals surface area contributed by atoms with Crippen LogP contribution in [0.5, 0.6) is 0 Å². The van der Waals surface area contributed by atoms with Crippen molar-refractivity contribution in [2.45, 2.75) is 36.3 Å². The minimum absolute atomic E-state index is 0.1000. The van der Waals surface area contributed by atoms with Gasteiger partial charge in [0, 0.05) is 4.90 Å². The van der Waals surface area contributed by atoms with E-state index in [1.165, 1.54) is 30.8 Å². The average Bonchev–Trinajstić information content (AvgIpc) is 2.69. The van der Waals surface area contributed by atoms with Crippen LogP contribution in [0, 0.1) is 0 Å². The standard InChI is InChI=1S/C20H16ClF3N2O4S/c1-9(17(27)25-14-8-12(20(22,23)24)4-5-13(14)21)30-19(29)11-3-6-16-15(7-11)26-18(28)10(2)31-16/h3-10H,1-2H3,(H,25,27)(H,26,28)/t9-,10-/m1/s1. The van der Waals surface area contributed by atoms with Crippen LogP contribution >= 0.6 is 23.4 Å². The monoisotopic (exact) mass is 472 g/mol. The smallest absolute Gasteiger partial charge is 0.416 e. The van der Waals surface area contributed by atoms with E-state index in [9.17, 15) is 27.6 Å². The fourth-order valence-electron chi connectivity index (χ4n) is 2.65. The minimum atomic E-state index is -4.61. The molecule has 2 aromatic carbocycles. The van der Waals surface area contributed by atoms with Crippen molar-refractivity contribution < 1.29 is 32.3 Å². The number of rotatable bonds is 4. The first-order valence-corrected chi connectivity index (χ1v) is 10.2. The zero-order valence-electron chi connectivity index (χ0n) is 16.2. The van der Waals surface area contributed by atoms with Crippen LogP contribution in [0.2, 0.25) is 5.02 Å². The molecule has 2 aromatic rings. The van der Waals surface area contributed by atoms with Crippen molar-refractivity contribution in [3.8, 4) is 0 Å². The van der Waals surface area contributed by atoms with Crippen LogP contribution in [-0.2, 0) is 20.5 Å². The summed E-state index contributed by atoms with van der Waals surface area (Å²) in [5.41, 5.74) is -0.687. The molecule has 0 aliphatic carbocycles. The molecule has 2 N–H and O–H groups in total. The van der Waals surface area contributed by atoms with Gasteiger partial charge >= 0.3 is 12.1 Å². The molecule has 1 heterocycles. The summed E-state index contributed by atoms with van der Waals surface area (Å²) in [6, 6.07) is 7.07. The number of fused-ring (bicyclic) bond motifs is 1. The quantitative estimate of drug-likeness (QED) is 0.613. The van der Waals surface area contributed by atoms with Crippen molar-refractivity contribution in [2.24, 2.45) is 0 Å². The largest absolute Gasteiger partial charge is 0.449 e. The van der Waals surface area contributed by atoms with E-state index in [2.05, 4.69) is 10.6 Å². The van der Waals surface area contributed by atoms with Crippen LogP contribution in [0.1, 0.15) is 29.8 Å². The predicted molar refractivity (Wildman–Crippen MR) is 110 cm³/mol. The zero-order chi connectivity index (χ0) is 22.9. The van der Waals surface area contributed by atoms with Crippen LogP contribution in [0.25, 0.3) is 0 Å². The van der Waals surface area contributed by atoms with Gasteiger partial charge in [-0.2, -0.15) is 13.2 Å². The van der Waals surface area contributed by atoms with Gasteiger partial charge in [0.15, 0.2) is 6.10 Å². The molecule has 0 radical (unpaired) electrons. The lowest BCUT2D eigenvalue weighted by Gasteiger charge is -2.22. The highest BCUT2D eigenvalue weighted by Crippen LogP contribution is 2.36. The van der Waals surface area contributed by atoms with Crippen LogP contribution in [0.4, 0.5) is 24.5 Å². The lowest BCUT2D eigenvalue weighted by atomic mass is 10.2. The van der Waals surface area contributed by atoms with Crippen LogP contribution < -0.4 is 10.6 Å². The minimum Gasteiger partial charge on any atom is -0.449 e. The van der Waals surface area contributed by atoms with E-state index in [-0.39, 0.29) is 27.4 Å². The lowest BCUT2D eigenvalue weighted by molar-refractivity contribution is -0.137. The van der Waals surface area contributed by atoms with Gasteiger partial charge in [-0.3, -0.25) is 9.59 Å². The maximum absolute atomic E-state index is 12.9. The molecule has 0 bridgehead atoms. The van der Waals surface area contributed by atoms with Crippen molar-refractivity contribution in [3.05, 3.63) is 52.5 Å². The van der Waals surface area contributed by atoms with Gasteiger partial charge in [0.05, 0.1) is 32.8 Å². The number of hydrogen-bond donors (Lipinski definition) is 2. The van der Waals surface area contributed by atoms with Gasteiger partial charge in [-0.1, -0.05) is 11.6 Å². The summed E-state index contributed by atoms with van der Waals surface area (Å²) in [6.07, 6.45) is -5.93. The second-order valence-corrected chi connectivity index (χ2v) is 8.48. The van der Waals surface area contributed by atoms with E-state index in [4.69, 9.17) is 16.3 Å². The Balaban J connectivity index is 1.69. The van der Waals surface area contributed by atoms with E-state index >= 15 is 0 Å². The maximum Gasteiger partial charge on any atom is 0.416 e. The molecule has 6 nitrogen and oxygen atoms in total. The number of benzene rings is 2. The molecule has 0 saturated carbocycles. The second-order valence-electron chi connectivity index (χ2n) is 6.69. The number of ether oxygens (including phenoxy) is 1. The molecule has 3 rings (SSSR count). The Morgan fingerprint density at radius 1 is 1.23 bits per heavy atom. The Morgan fingerprint density at radius 3 is 2.61 bits per heavy atom. The summed E-state index contributed by atoms with van der Waals surface area (Å²) < 4.78 is 43.7. The first kappa shape index (κ1) is 23.0. The molecule has 0 fully saturated rings. The number of esters is 1. The maximum atomic E-state index is 12.9. The molecule has 0 spiro atoms. The molecule has 164 valence electrons. The molecule has 2 amide bonds. The second kappa shape index (κ2) is 8.80. The third kappa shape index (κ3) is 5.31. The predicted octanol–water partition coefficient (Wildman–Crippen LogP) is 4.98. The van der Waals surface area contributed by atoms with Crippen LogP contribution in [-0.4, -0.2) is 29.1 Å². The molecule has 2 atom stereocenters. The van der Waals surface area contributed by atoms with Crippen LogP contribution in [0.15, 0.2) is 41.3 Å². The van der Waals surface area contributed by atoms with Gasteiger partial charge < -0.3 is 15.4 Å². The number of thioether (sulfide) groups is 1. The van der Waals surface area contributed by atoms with Gasteiger partial charge in [-0.25, -0.2) is 4.79 Å². The van der Waals surface area contributed by atoms with Crippen molar-refractivity contribution in [2.75, 3.05) is 10.6 Å². The fraction of sp³-hybridized carbons (Fsp3) is 0.250. The number of anilines is 2. The summed E-state index contributed by atoms with van der Waals surface area (Å²) in [6.45, 7) is 3.02. The first-order chi connectivity index (χ1) is 14.5. The molecule has 0 saturated heterocycles. The van der Waals surface area contributed by atoms with Crippen molar-refractivity contribution >= 4 is 52.5 Å². The van der Waals surface area contributed by atoms with E-state index in [0.717, 1.165) is 17.0 Å². The average molecular weight is 473 g/mol. The number of carbonyl (C=O) groups is 3. The molecular formula is C20H16ClF3N2O4S. The highest BCUT2D eigenvalue weighted by atomic mass is 35.5. The van der Waals surface area contributed by atoms with Crippen molar-refractivity contribution in [1.29, 1.82) is 0 Å². The van der Waals surface area contributed by atoms with Gasteiger partial charge in [-0.15, -0.1) is 11.8 Å². The number of hydrogen-bond acceptors (Lipinski definition) is 5. The number of nitrogens with one attached hydrogen (secondary N) is 2. The van der Waals surface area contributed by atoms with Gasteiger partial charge in [0.1, 0.15) is 0 Å². The van der Waals surface area contributed by atoms with Gasteiger partial charge in [0.25, 0.3) is 5.91 Å². The van der Waals surface area contributed by atoms with Crippen molar-refractivity contribution in [1.82, 2.24) is 0 Å². The first-order valence-electron chi connectivity index (χ1n) is 8.96. The molecule has 1 aliphatic rings. The molecule has 0 aromatic heterocycles. The van der Waals surface area contributed by atoms with Crippen molar-refractivity contribution in [3.63, 3.8) is 0 Å². The summed E-state index contributed by atoms with van der Waals surface area (Å²) >= 11 is 7.20. The van der Waals surface area contributed by atoms with E-state index in [1.54, 1.807) is 13.0 Å². The highest BCUT2D eigenvalue weighted by molar-refractivity contribution is 8.00. The van der Waals surface area contributed by atoms with Gasteiger partial charge in [0.2, 0.25) is 5.91 Å². The Morgan fingerprint density at radius 2 is 1.94 bits per heavy atom. The number of halogens is 4. The molecule has 1 aliphatic heterocycles. The molecule has 31 heavy (non-hydrogen) atoms. The molecule has 11 heteroatoms. The Kier molecular flexibility index (Phi) is 6.51. The summed E-state index contributed by atoms with van der Waals surface area (Å²) in [7, 11) is 0. The van der Waals surface area contributed by atoms with Gasteiger partial charge in [-0.05, 0) is 50.2 Å². The van der Waals surface area contributed by atoms with E-state index in [1.807, 2.05) is 0 Å². The Bertz CT molecular complexity index is 1060. The number of alkyl halides is 3. The normalized spacial score (nSPS) is 16.7. The lowest BCUT2D eigenvalue weighted by Crippen LogP contribution is -2.30. The van der Waals surface area contributed by atoms with Crippen LogP contribution in [0.3, 0.4) is 0 Å². The summed E-state index contributed by atoms with van der Waals surface area (Å²) in [5.74, 6) is -1.89. The number of carbonyl (C=O) groups excluding carboxylic acids is 3. The number of amides is 2. The Hall–Kier alpha value is -2.72. The molecular weight excluding hydrogens is 457 g/mol. The third-order valence-corrected chi connectivity index (χ3v) is 5.86. The summed E-state index contributed by atoms with van der Waals surface area (Å²) in [5, 5.41) is 4.55. The molecule has 0 unspecified atom stereocenters. The topological polar surface area (TPSA) is 84.5 Å². The fourth-order valence-corrected chi connectivity index (χ4v) is 3.74. The highest BCUT2D eigenvalue weighted by Gasteiger charge is 2.31. The zero-order valence-corrected chi connectivity index (χ0v) is 17.7. The summed E-state index contributed by atoms with van der Waals surface area (Å²) in [4.78, 5) is 37.3. The van der Waals surface area contributed by atoms with E-state index in [0.29, 0.717) is 11.8 Å². The van der Waals surface area contributed by atoms with E-state index < -0.39 is 29.7 Å². The third-order valence-electron chi connectivity index (χ3n) is 4.35. The Labute approximate surface area is 184 Å².